The molecule has 0 amide bonds. The zero-order valence-electron chi connectivity index (χ0n) is 9.90. The van der Waals surface area contributed by atoms with E-state index in [9.17, 15) is 13.9 Å². The van der Waals surface area contributed by atoms with Crippen LogP contribution in [0.15, 0.2) is 42.6 Å². The molecule has 1 heterocycles. The highest BCUT2D eigenvalue weighted by atomic mass is 19.1. The molecule has 0 fully saturated rings. The van der Waals surface area contributed by atoms with Gasteiger partial charge in [0.2, 0.25) is 0 Å². The monoisotopic (exact) mass is 249 g/mol. The summed E-state index contributed by atoms with van der Waals surface area (Å²) in [6, 6.07) is 8.24. The van der Waals surface area contributed by atoms with Crippen molar-refractivity contribution in [3.05, 3.63) is 65.5 Å². The minimum atomic E-state index is -1.33. The summed E-state index contributed by atoms with van der Waals surface area (Å²) in [7, 11) is 0. The third-order valence-corrected chi connectivity index (χ3v) is 2.98. The predicted molar refractivity (Wildman–Crippen MR) is 63.9 cm³/mol. The molecule has 0 aliphatic rings. The molecule has 2 rings (SSSR count). The standard InChI is InChI=1S/C14H13F2NO/c1-2-14(18,10-3-5-11(15)6-4-10)13-8-7-12(16)9-17-13/h3-9,18H,2H2,1H3. The van der Waals surface area contributed by atoms with Gasteiger partial charge < -0.3 is 5.11 Å². The third-order valence-electron chi connectivity index (χ3n) is 2.98. The van der Waals surface area contributed by atoms with E-state index in [1.807, 2.05) is 0 Å². The number of aromatic nitrogens is 1. The Morgan fingerprint density at radius 2 is 1.67 bits per heavy atom. The molecule has 0 radical (unpaired) electrons. The minimum Gasteiger partial charge on any atom is -0.379 e. The lowest BCUT2D eigenvalue weighted by Crippen LogP contribution is -2.27. The van der Waals surface area contributed by atoms with Crippen molar-refractivity contribution in [2.75, 3.05) is 0 Å². The maximum atomic E-state index is 12.9. The summed E-state index contributed by atoms with van der Waals surface area (Å²) in [6.45, 7) is 1.79. The molecule has 1 unspecified atom stereocenters. The van der Waals surface area contributed by atoms with Crippen LogP contribution in [0, 0.1) is 11.6 Å². The zero-order valence-corrected chi connectivity index (χ0v) is 9.90. The quantitative estimate of drug-likeness (QED) is 0.907. The summed E-state index contributed by atoms with van der Waals surface area (Å²) in [4.78, 5) is 3.90. The Morgan fingerprint density at radius 1 is 1.06 bits per heavy atom. The van der Waals surface area contributed by atoms with Crippen molar-refractivity contribution in [3.8, 4) is 0 Å². The molecule has 0 saturated carbocycles. The highest BCUT2D eigenvalue weighted by Crippen LogP contribution is 2.31. The molecule has 18 heavy (non-hydrogen) atoms. The minimum absolute atomic E-state index is 0.345. The fraction of sp³-hybridized carbons (Fsp3) is 0.214. The molecule has 0 bridgehead atoms. The van der Waals surface area contributed by atoms with Gasteiger partial charge in [-0.05, 0) is 36.2 Å². The Kier molecular flexibility index (Phi) is 3.39. The van der Waals surface area contributed by atoms with Crippen LogP contribution < -0.4 is 0 Å². The summed E-state index contributed by atoms with van der Waals surface area (Å²) in [5.74, 6) is -0.833. The Morgan fingerprint density at radius 3 is 2.17 bits per heavy atom. The van der Waals surface area contributed by atoms with E-state index in [1.54, 1.807) is 6.92 Å². The second-order valence-corrected chi connectivity index (χ2v) is 4.08. The second kappa shape index (κ2) is 4.82. The molecule has 0 aliphatic heterocycles. The summed E-state index contributed by atoms with van der Waals surface area (Å²) in [5, 5.41) is 10.6. The van der Waals surface area contributed by atoms with E-state index in [0.29, 0.717) is 17.7 Å². The number of aliphatic hydroxyl groups is 1. The van der Waals surface area contributed by atoms with Gasteiger partial charge in [0.25, 0.3) is 0 Å². The van der Waals surface area contributed by atoms with E-state index in [0.717, 1.165) is 6.20 Å². The van der Waals surface area contributed by atoms with Crippen molar-refractivity contribution in [1.82, 2.24) is 4.98 Å². The normalized spacial score (nSPS) is 14.2. The highest BCUT2D eigenvalue weighted by Gasteiger charge is 2.30. The molecule has 94 valence electrons. The number of nitrogens with zero attached hydrogens (tertiary/aromatic N) is 1. The van der Waals surface area contributed by atoms with E-state index in [2.05, 4.69) is 4.98 Å². The van der Waals surface area contributed by atoms with Crippen molar-refractivity contribution in [2.45, 2.75) is 18.9 Å². The van der Waals surface area contributed by atoms with E-state index < -0.39 is 11.4 Å². The van der Waals surface area contributed by atoms with Gasteiger partial charge in [-0.25, -0.2) is 8.78 Å². The van der Waals surface area contributed by atoms with Crippen molar-refractivity contribution < 1.29 is 13.9 Å². The smallest absolute Gasteiger partial charge is 0.141 e. The van der Waals surface area contributed by atoms with Crippen LogP contribution in [-0.4, -0.2) is 10.1 Å². The van der Waals surface area contributed by atoms with Gasteiger partial charge in [0.1, 0.15) is 17.2 Å². The van der Waals surface area contributed by atoms with Crippen LogP contribution in [0.5, 0.6) is 0 Å². The predicted octanol–water partition coefficient (Wildman–Crippen LogP) is 3.01. The molecule has 0 aliphatic carbocycles. The number of benzene rings is 1. The van der Waals surface area contributed by atoms with Crippen LogP contribution in [0.4, 0.5) is 8.78 Å². The fourth-order valence-corrected chi connectivity index (χ4v) is 1.88. The molecular weight excluding hydrogens is 236 g/mol. The maximum absolute atomic E-state index is 12.9. The lowest BCUT2D eigenvalue weighted by Gasteiger charge is -2.26. The highest BCUT2D eigenvalue weighted by molar-refractivity contribution is 5.32. The fourth-order valence-electron chi connectivity index (χ4n) is 1.88. The van der Waals surface area contributed by atoms with Gasteiger partial charge in [-0.2, -0.15) is 0 Å². The van der Waals surface area contributed by atoms with Gasteiger partial charge >= 0.3 is 0 Å². The van der Waals surface area contributed by atoms with Gasteiger partial charge in [-0.1, -0.05) is 19.1 Å². The van der Waals surface area contributed by atoms with Crippen LogP contribution >= 0.6 is 0 Å². The zero-order chi connectivity index (χ0) is 13.2. The van der Waals surface area contributed by atoms with Gasteiger partial charge in [-0.3, -0.25) is 4.98 Å². The Hall–Kier alpha value is -1.81. The topological polar surface area (TPSA) is 33.1 Å². The second-order valence-electron chi connectivity index (χ2n) is 4.08. The number of pyridine rings is 1. The van der Waals surface area contributed by atoms with Gasteiger partial charge in [0.05, 0.1) is 11.9 Å². The summed E-state index contributed by atoms with van der Waals surface area (Å²) in [5.41, 5.74) is -0.454. The SMILES string of the molecule is CCC(O)(c1ccc(F)cc1)c1ccc(F)cn1. The van der Waals surface area contributed by atoms with E-state index >= 15 is 0 Å². The summed E-state index contributed by atoms with van der Waals surface area (Å²) in [6.07, 6.45) is 1.41. The van der Waals surface area contributed by atoms with Crippen LogP contribution in [0.3, 0.4) is 0 Å². The van der Waals surface area contributed by atoms with Crippen molar-refractivity contribution in [1.29, 1.82) is 0 Å². The molecule has 2 aromatic rings. The molecule has 1 aromatic heterocycles. The van der Waals surface area contributed by atoms with Crippen LogP contribution in [0.1, 0.15) is 24.6 Å². The molecule has 0 saturated heterocycles. The first kappa shape index (κ1) is 12.6. The van der Waals surface area contributed by atoms with Crippen LogP contribution in [-0.2, 0) is 5.60 Å². The Labute approximate surface area is 104 Å². The molecule has 1 N–H and O–H groups in total. The number of rotatable bonds is 3. The van der Waals surface area contributed by atoms with E-state index in [-0.39, 0.29) is 5.82 Å². The Balaban J connectivity index is 2.47. The summed E-state index contributed by atoms with van der Waals surface area (Å²) >= 11 is 0. The first-order valence-electron chi connectivity index (χ1n) is 5.66. The van der Waals surface area contributed by atoms with Gasteiger partial charge in [-0.15, -0.1) is 0 Å². The molecule has 0 spiro atoms. The van der Waals surface area contributed by atoms with E-state index in [4.69, 9.17) is 0 Å². The number of halogens is 2. The maximum Gasteiger partial charge on any atom is 0.141 e. The van der Waals surface area contributed by atoms with Crippen LogP contribution in [0.25, 0.3) is 0 Å². The number of hydrogen-bond acceptors (Lipinski definition) is 2. The average molecular weight is 249 g/mol. The van der Waals surface area contributed by atoms with Crippen molar-refractivity contribution in [3.63, 3.8) is 0 Å². The lowest BCUT2D eigenvalue weighted by atomic mass is 9.87. The first-order chi connectivity index (χ1) is 8.56. The number of hydrogen-bond donors (Lipinski definition) is 1. The van der Waals surface area contributed by atoms with Crippen molar-refractivity contribution in [2.24, 2.45) is 0 Å². The largest absolute Gasteiger partial charge is 0.379 e. The van der Waals surface area contributed by atoms with Crippen molar-refractivity contribution >= 4 is 0 Å². The average Bonchev–Trinajstić information content (AvgIpc) is 2.39. The lowest BCUT2D eigenvalue weighted by molar-refractivity contribution is 0.0717. The molecular formula is C14H13F2NO. The van der Waals surface area contributed by atoms with E-state index in [1.165, 1.54) is 36.4 Å². The Bertz CT molecular complexity index is 477. The molecule has 1 atom stereocenters. The summed E-state index contributed by atoms with van der Waals surface area (Å²) < 4.78 is 25.7. The van der Waals surface area contributed by atoms with Gasteiger partial charge in [0.15, 0.2) is 0 Å². The third kappa shape index (κ3) is 2.24. The molecule has 1 aromatic carbocycles. The first-order valence-corrected chi connectivity index (χ1v) is 5.66. The van der Waals surface area contributed by atoms with Gasteiger partial charge in [0, 0.05) is 0 Å². The molecule has 2 nitrogen and oxygen atoms in total. The molecule has 4 heteroatoms. The van der Waals surface area contributed by atoms with Crippen LogP contribution in [0.2, 0.25) is 0 Å².